The number of ether oxygens (including phenoxy) is 1. The summed E-state index contributed by atoms with van der Waals surface area (Å²) in [7, 11) is 1.37. The second-order valence-electron chi connectivity index (χ2n) is 5.52. The summed E-state index contributed by atoms with van der Waals surface area (Å²) in [4.78, 5) is 25.2. The third kappa shape index (κ3) is 2.34. The number of hydrogen-bond acceptors (Lipinski definition) is 3. The predicted octanol–water partition coefficient (Wildman–Crippen LogP) is 1.97. The van der Waals surface area contributed by atoms with Gasteiger partial charge in [-0.05, 0) is 30.5 Å². The molecule has 2 fully saturated rings. The molecule has 1 aliphatic carbocycles. The van der Waals surface area contributed by atoms with E-state index in [1.807, 2.05) is 0 Å². The van der Waals surface area contributed by atoms with Gasteiger partial charge in [0.1, 0.15) is 0 Å². The average Bonchev–Trinajstić information content (AvgIpc) is 3.21. The Labute approximate surface area is 121 Å². The van der Waals surface area contributed by atoms with Gasteiger partial charge in [0.2, 0.25) is 5.91 Å². The molecule has 1 aromatic carbocycles. The summed E-state index contributed by atoms with van der Waals surface area (Å²) in [6, 6.07) is 3.88. The number of halogens is 1. The van der Waals surface area contributed by atoms with E-state index in [1.165, 1.54) is 19.2 Å². The molecule has 2 aliphatic rings. The number of rotatable bonds is 4. The Hall–Kier alpha value is -2.11. The van der Waals surface area contributed by atoms with Gasteiger partial charge in [0, 0.05) is 12.5 Å². The average molecular weight is 293 g/mol. The molecule has 5 nitrogen and oxygen atoms in total. The highest BCUT2D eigenvalue weighted by atomic mass is 19.1. The highest BCUT2D eigenvalue weighted by Gasteiger charge is 2.50. The zero-order chi connectivity index (χ0) is 15.1. The molecular formula is C15H16FNO4. The molecule has 6 heteroatoms. The van der Waals surface area contributed by atoms with E-state index in [0.717, 1.165) is 12.8 Å². The zero-order valence-electron chi connectivity index (χ0n) is 11.6. The van der Waals surface area contributed by atoms with Crippen LogP contribution >= 0.6 is 0 Å². The van der Waals surface area contributed by atoms with Crippen molar-refractivity contribution in [1.29, 1.82) is 0 Å². The highest BCUT2D eigenvalue weighted by molar-refractivity contribution is 5.87. The molecule has 0 bridgehead atoms. The second-order valence-corrected chi connectivity index (χ2v) is 5.52. The fraction of sp³-hybridized carbons (Fsp3) is 0.467. The molecular weight excluding hydrogens is 277 g/mol. The summed E-state index contributed by atoms with van der Waals surface area (Å²) < 4.78 is 18.8. The second kappa shape index (κ2) is 5.02. The van der Waals surface area contributed by atoms with Gasteiger partial charge in [0.25, 0.3) is 0 Å². The topological polar surface area (TPSA) is 66.8 Å². The van der Waals surface area contributed by atoms with Gasteiger partial charge in [-0.2, -0.15) is 0 Å². The Kier molecular flexibility index (Phi) is 3.31. The van der Waals surface area contributed by atoms with Crippen molar-refractivity contribution in [3.8, 4) is 5.75 Å². The van der Waals surface area contributed by atoms with Gasteiger partial charge in [-0.15, -0.1) is 0 Å². The molecule has 2 unspecified atom stereocenters. The number of nitrogens with zero attached hydrogens (tertiary/aromatic N) is 1. The Morgan fingerprint density at radius 1 is 1.43 bits per heavy atom. The first-order valence-electron chi connectivity index (χ1n) is 6.90. The number of amides is 1. The molecule has 0 spiro atoms. The molecule has 1 N–H and O–H groups in total. The van der Waals surface area contributed by atoms with E-state index in [2.05, 4.69) is 0 Å². The van der Waals surface area contributed by atoms with Crippen LogP contribution in [0.5, 0.6) is 5.75 Å². The maximum Gasteiger partial charge on any atom is 0.309 e. The molecule has 1 aromatic rings. The Morgan fingerprint density at radius 2 is 2.14 bits per heavy atom. The van der Waals surface area contributed by atoms with Crippen molar-refractivity contribution in [3.05, 3.63) is 29.6 Å². The van der Waals surface area contributed by atoms with E-state index in [4.69, 9.17) is 4.74 Å². The molecule has 112 valence electrons. The van der Waals surface area contributed by atoms with Crippen LogP contribution in [0.2, 0.25) is 0 Å². The third-order valence-electron chi connectivity index (χ3n) is 4.14. The highest BCUT2D eigenvalue weighted by Crippen LogP contribution is 2.45. The lowest BCUT2D eigenvalue weighted by atomic mass is 9.93. The molecule has 1 aliphatic heterocycles. The van der Waals surface area contributed by atoms with Gasteiger partial charge in [0.15, 0.2) is 11.6 Å². The first-order chi connectivity index (χ1) is 10.0. The molecule has 21 heavy (non-hydrogen) atoms. The van der Waals surface area contributed by atoms with Crippen LogP contribution in [0.3, 0.4) is 0 Å². The number of methoxy groups -OCH3 is 1. The molecule has 1 heterocycles. The maximum atomic E-state index is 13.9. The monoisotopic (exact) mass is 293 g/mol. The summed E-state index contributed by atoms with van der Waals surface area (Å²) in [6.45, 7) is 0. The molecule has 1 saturated heterocycles. The first-order valence-corrected chi connectivity index (χ1v) is 6.90. The quantitative estimate of drug-likeness (QED) is 0.921. The van der Waals surface area contributed by atoms with Gasteiger partial charge in [0.05, 0.1) is 19.1 Å². The molecule has 2 atom stereocenters. The zero-order valence-corrected chi connectivity index (χ0v) is 11.6. The number of carbonyl (C=O) groups is 2. The number of carbonyl (C=O) groups excluding carboxylic acids is 1. The van der Waals surface area contributed by atoms with Crippen molar-refractivity contribution >= 4 is 11.9 Å². The summed E-state index contributed by atoms with van der Waals surface area (Å²) >= 11 is 0. The fourth-order valence-electron chi connectivity index (χ4n) is 3.02. The summed E-state index contributed by atoms with van der Waals surface area (Å²) in [6.07, 6.45) is 1.74. The minimum absolute atomic E-state index is 0.0237. The van der Waals surface area contributed by atoms with E-state index in [-0.39, 0.29) is 24.1 Å². The van der Waals surface area contributed by atoms with Crippen LogP contribution in [0.1, 0.15) is 30.9 Å². The summed E-state index contributed by atoms with van der Waals surface area (Å²) in [5.41, 5.74) is 0.512. The molecule has 3 rings (SSSR count). The van der Waals surface area contributed by atoms with Crippen molar-refractivity contribution in [2.45, 2.75) is 31.3 Å². The van der Waals surface area contributed by atoms with Crippen LogP contribution in [0.25, 0.3) is 0 Å². The van der Waals surface area contributed by atoms with Gasteiger partial charge in [-0.1, -0.05) is 6.07 Å². The lowest BCUT2D eigenvalue weighted by molar-refractivity contribution is -0.142. The van der Waals surface area contributed by atoms with E-state index < -0.39 is 23.7 Å². The third-order valence-corrected chi connectivity index (χ3v) is 4.14. The predicted molar refractivity (Wildman–Crippen MR) is 71.3 cm³/mol. The number of hydrogen-bond donors (Lipinski definition) is 1. The number of carboxylic acids is 1. The van der Waals surface area contributed by atoms with Crippen molar-refractivity contribution < 1.29 is 23.8 Å². The molecule has 1 saturated carbocycles. The Morgan fingerprint density at radius 3 is 2.67 bits per heavy atom. The van der Waals surface area contributed by atoms with Crippen molar-refractivity contribution in [2.24, 2.45) is 5.92 Å². The lowest BCUT2D eigenvalue weighted by Crippen LogP contribution is -2.32. The fourth-order valence-corrected chi connectivity index (χ4v) is 3.02. The van der Waals surface area contributed by atoms with Crippen LogP contribution < -0.4 is 4.74 Å². The van der Waals surface area contributed by atoms with Crippen molar-refractivity contribution in [3.63, 3.8) is 0 Å². The van der Waals surface area contributed by atoms with E-state index in [1.54, 1.807) is 11.0 Å². The summed E-state index contributed by atoms with van der Waals surface area (Å²) in [5.74, 6) is -2.45. The van der Waals surface area contributed by atoms with Crippen molar-refractivity contribution in [1.82, 2.24) is 4.90 Å². The van der Waals surface area contributed by atoms with E-state index >= 15 is 0 Å². The van der Waals surface area contributed by atoms with Crippen LogP contribution in [0.4, 0.5) is 4.39 Å². The van der Waals surface area contributed by atoms with Crippen LogP contribution in [0.15, 0.2) is 18.2 Å². The minimum Gasteiger partial charge on any atom is -0.494 e. The standard InChI is InChI=1S/C15H16FNO4/c1-21-12-5-2-8(6-11(12)16)14-10(15(19)20)7-13(18)17(14)9-3-4-9/h2,5-6,9-10,14H,3-4,7H2,1H3,(H,19,20). The SMILES string of the molecule is COc1ccc(C2C(C(=O)O)CC(=O)N2C2CC2)cc1F. The van der Waals surface area contributed by atoms with E-state index in [0.29, 0.717) is 5.56 Å². The van der Waals surface area contributed by atoms with Crippen LogP contribution in [-0.2, 0) is 9.59 Å². The Balaban J connectivity index is 2.00. The first kappa shape index (κ1) is 13.9. The molecule has 1 amide bonds. The van der Waals surface area contributed by atoms with Crippen LogP contribution in [0, 0.1) is 11.7 Å². The molecule has 0 radical (unpaired) electrons. The van der Waals surface area contributed by atoms with Gasteiger partial charge in [-0.3, -0.25) is 9.59 Å². The number of aliphatic carboxylic acids is 1. The van der Waals surface area contributed by atoms with Crippen LogP contribution in [-0.4, -0.2) is 35.0 Å². The van der Waals surface area contributed by atoms with Gasteiger partial charge in [-0.25, -0.2) is 4.39 Å². The smallest absolute Gasteiger partial charge is 0.309 e. The number of likely N-dealkylation sites (tertiary alicyclic amines) is 1. The van der Waals surface area contributed by atoms with E-state index in [9.17, 15) is 19.1 Å². The Bertz CT molecular complexity index is 599. The lowest BCUT2D eigenvalue weighted by Gasteiger charge is -2.27. The van der Waals surface area contributed by atoms with Crippen molar-refractivity contribution in [2.75, 3.05) is 7.11 Å². The van der Waals surface area contributed by atoms with Gasteiger partial charge >= 0.3 is 5.97 Å². The maximum absolute atomic E-state index is 13.9. The van der Waals surface area contributed by atoms with Gasteiger partial charge < -0.3 is 14.7 Å². The normalized spacial score (nSPS) is 25.2. The molecule has 0 aromatic heterocycles. The number of benzene rings is 1. The largest absolute Gasteiger partial charge is 0.494 e. The minimum atomic E-state index is -1.02. The summed E-state index contributed by atoms with van der Waals surface area (Å²) in [5, 5.41) is 9.36. The number of carboxylic acid groups (broad SMARTS) is 1.